The lowest BCUT2D eigenvalue weighted by Gasteiger charge is -2.33. The molecule has 2 aromatic rings. The molecule has 30 heavy (non-hydrogen) atoms. The molecule has 2 aliphatic heterocycles. The quantitative estimate of drug-likeness (QED) is 0.731. The van der Waals surface area contributed by atoms with Crippen LogP contribution in [0.15, 0.2) is 42.5 Å². The smallest absolute Gasteiger partial charge is 0.253 e. The molecule has 2 aromatic carbocycles. The summed E-state index contributed by atoms with van der Waals surface area (Å²) < 4.78 is 10.7. The van der Waals surface area contributed by atoms with Crippen LogP contribution in [0.1, 0.15) is 45.8 Å². The highest BCUT2D eigenvalue weighted by molar-refractivity contribution is 5.94. The van der Waals surface area contributed by atoms with Crippen LogP contribution in [-0.4, -0.2) is 62.7 Å². The first kappa shape index (κ1) is 20.9. The number of rotatable bonds is 6. The Morgan fingerprint density at radius 2 is 1.90 bits per heavy atom. The minimum Gasteiger partial charge on any atom is -0.497 e. The van der Waals surface area contributed by atoms with Gasteiger partial charge in [0.25, 0.3) is 5.91 Å². The molecule has 0 aromatic heterocycles. The summed E-state index contributed by atoms with van der Waals surface area (Å²) in [5.41, 5.74) is 4.65. The highest BCUT2D eigenvalue weighted by atomic mass is 16.5. The van der Waals surface area contributed by atoms with Gasteiger partial charge in [-0.2, -0.15) is 0 Å². The van der Waals surface area contributed by atoms with E-state index in [0.717, 1.165) is 63.4 Å². The number of carbonyl (C=O) groups is 1. The minimum atomic E-state index is 0.109. The number of benzene rings is 2. The molecule has 1 saturated heterocycles. The second-order valence-electron chi connectivity index (χ2n) is 8.40. The van der Waals surface area contributed by atoms with Crippen LogP contribution in [-0.2, 0) is 17.8 Å². The van der Waals surface area contributed by atoms with Crippen molar-refractivity contribution < 1.29 is 14.3 Å². The van der Waals surface area contributed by atoms with Crippen molar-refractivity contribution in [2.75, 3.05) is 46.9 Å². The largest absolute Gasteiger partial charge is 0.497 e. The predicted molar refractivity (Wildman–Crippen MR) is 118 cm³/mol. The summed E-state index contributed by atoms with van der Waals surface area (Å²) in [5, 5.41) is 0. The SMILES string of the molecule is COc1ccc(C2CCN(CCN(C)C(=O)c3ccc4c(c3)CCOC4)CC2)cc1. The van der Waals surface area contributed by atoms with Crippen LogP contribution in [0.5, 0.6) is 5.75 Å². The second-order valence-corrected chi connectivity index (χ2v) is 8.40. The van der Waals surface area contributed by atoms with E-state index in [-0.39, 0.29) is 5.91 Å². The predicted octanol–water partition coefficient (Wildman–Crippen LogP) is 3.72. The standard InChI is InChI=1S/C25H32N2O3/c1-26(25(28)22-3-4-23-18-30-16-11-21(23)17-22)14-15-27-12-9-20(10-13-27)19-5-7-24(29-2)8-6-19/h3-8,17,20H,9-16,18H2,1-2H3. The second kappa shape index (κ2) is 9.63. The third-order valence-corrected chi connectivity index (χ3v) is 6.50. The van der Waals surface area contributed by atoms with E-state index in [9.17, 15) is 4.79 Å². The number of ether oxygens (including phenoxy) is 2. The van der Waals surface area contributed by atoms with Crippen molar-refractivity contribution in [3.63, 3.8) is 0 Å². The Balaban J connectivity index is 1.25. The molecule has 0 saturated carbocycles. The fraction of sp³-hybridized carbons (Fsp3) is 0.480. The van der Waals surface area contributed by atoms with E-state index in [1.54, 1.807) is 7.11 Å². The van der Waals surface area contributed by atoms with E-state index in [4.69, 9.17) is 9.47 Å². The lowest BCUT2D eigenvalue weighted by atomic mass is 9.89. The molecule has 2 aliphatic rings. The van der Waals surface area contributed by atoms with Gasteiger partial charge in [-0.1, -0.05) is 18.2 Å². The van der Waals surface area contributed by atoms with Gasteiger partial charge in [0.1, 0.15) is 5.75 Å². The van der Waals surface area contributed by atoms with Gasteiger partial charge >= 0.3 is 0 Å². The third-order valence-electron chi connectivity index (χ3n) is 6.50. The summed E-state index contributed by atoms with van der Waals surface area (Å²) in [6.07, 6.45) is 3.22. The molecule has 1 amide bonds. The molecule has 160 valence electrons. The maximum Gasteiger partial charge on any atom is 0.253 e. The lowest BCUT2D eigenvalue weighted by molar-refractivity contribution is 0.0769. The van der Waals surface area contributed by atoms with Crippen LogP contribution in [0.2, 0.25) is 0 Å². The number of carbonyl (C=O) groups excluding carboxylic acids is 1. The molecule has 0 N–H and O–H groups in total. The zero-order valence-corrected chi connectivity index (χ0v) is 18.1. The number of amides is 1. The van der Waals surface area contributed by atoms with E-state index < -0.39 is 0 Å². The number of nitrogens with zero attached hydrogens (tertiary/aromatic N) is 2. The van der Waals surface area contributed by atoms with Crippen LogP contribution in [0, 0.1) is 0 Å². The zero-order chi connectivity index (χ0) is 20.9. The van der Waals surface area contributed by atoms with Crippen molar-refractivity contribution in [1.82, 2.24) is 9.80 Å². The number of hydrogen-bond donors (Lipinski definition) is 0. The Bertz CT molecular complexity index is 857. The summed E-state index contributed by atoms with van der Waals surface area (Å²) in [5.74, 6) is 1.64. The molecular formula is C25H32N2O3. The fourth-order valence-electron chi connectivity index (χ4n) is 4.48. The van der Waals surface area contributed by atoms with Gasteiger partial charge in [0.05, 0.1) is 20.3 Å². The normalized spacial score (nSPS) is 17.4. The number of likely N-dealkylation sites (N-methyl/N-ethyl adjacent to an activating group) is 1. The van der Waals surface area contributed by atoms with Crippen LogP contribution < -0.4 is 4.74 Å². The molecule has 4 rings (SSSR count). The molecule has 0 unspecified atom stereocenters. The van der Waals surface area contributed by atoms with Crippen molar-refractivity contribution in [3.05, 3.63) is 64.7 Å². The molecule has 2 heterocycles. The average Bonchev–Trinajstić information content (AvgIpc) is 2.82. The van der Waals surface area contributed by atoms with Gasteiger partial charge in [-0.05, 0) is 79.2 Å². The highest BCUT2D eigenvalue weighted by Crippen LogP contribution is 2.29. The molecule has 5 nitrogen and oxygen atoms in total. The average molecular weight is 409 g/mol. The number of piperidine rings is 1. The van der Waals surface area contributed by atoms with Crippen molar-refractivity contribution in [2.24, 2.45) is 0 Å². The van der Waals surface area contributed by atoms with E-state index >= 15 is 0 Å². The highest BCUT2D eigenvalue weighted by Gasteiger charge is 2.22. The Morgan fingerprint density at radius 3 is 2.63 bits per heavy atom. The van der Waals surface area contributed by atoms with Crippen molar-refractivity contribution in [3.8, 4) is 5.75 Å². The summed E-state index contributed by atoms with van der Waals surface area (Å²) in [6, 6.07) is 14.5. The van der Waals surface area contributed by atoms with Gasteiger partial charge < -0.3 is 19.3 Å². The maximum absolute atomic E-state index is 12.9. The number of methoxy groups -OCH3 is 1. The number of likely N-dealkylation sites (tertiary alicyclic amines) is 1. The van der Waals surface area contributed by atoms with E-state index in [1.807, 2.05) is 24.1 Å². The van der Waals surface area contributed by atoms with Gasteiger partial charge in [-0.25, -0.2) is 0 Å². The van der Waals surface area contributed by atoms with Crippen molar-refractivity contribution in [2.45, 2.75) is 31.8 Å². The number of hydrogen-bond acceptors (Lipinski definition) is 4. The third kappa shape index (κ3) is 4.85. The van der Waals surface area contributed by atoms with Gasteiger partial charge in [-0.3, -0.25) is 4.79 Å². The van der Waals surface area contributed by atoms with Crippen LogP contribution >= 0.6 is 0 Å². The fourth-order valence-corrected chi connectivity index (χ4v) is 4.48. The Morgan fingerprint density at radius 1 is 1.13 bits per heavy atom. The molecule has 0 aliphatic carbocycles. The van der Waals surface area contributed by atoms with Crippen molar-refractivity contribution in [1.29, 1.82) is 0 Å². The van der Waals surface area contributed by atoms with Crippen LogP contribution in [0.25, 0.3) is 0 Å². The zero-order valence-electron chi connectivity index (χ0n) is 18.1. The molecule has 0 atom stereocenters. The molecule has 0 spiro atoms. The van der Waals surface area contributed by atoms with E-state index in [1.165, 1.54) is 16.7 Å². The Hall–Kier alpha value is -2.37. The Kier molecular flexibility index (Phi) is 6.70. The maximum atomic E-state index is 12.9. The van der Waals surface area contributed by atoms with E-state index in [0.29, 0.717) is 12.5 Å². The van der Waals surface area contributed by atoms with Gasteiger partial charge in [-0.15, -0.1) is 0 Å². The molecule has 5 heteroatoms. The van der Waals surface area contributed by atoms with Crippen LogP contribution in [0.4, 0.5) is 0 Å². The van der Waals surface area contributed by atoms with E-state index in [2.05, 4.69) is 35.2 Å². The molecule has 0 bridgehead atoms. The minimum absolute atomic E-state index is 0.109. The summed E-state index contributed by atoms with van der Waals surface area (Å²) in [6.45, 7) is 5.25. The topological polar surface area (TPSA) is 42.0 Å². The lowest BCUT2D eigenvalue weighted by Crippen LogP contribution is -2.40. The molecular weight excluding hydrogens is 376 g/mol. The summed E-state index contributed by atoms with van der Waals surface area (Å²) in [7, 11) is 3.62. The first-order valence-corrected chi connectivity index (χ1v) is 11.0. The molecule has 0 radical (unpaired) electrons. The van der Waals surface area contributed by atoms with Gasteiger partial charge in [0, 0.05) is 25.7 Å². The van der Waals surface area contributed by atoms with Gasteiger partial charge in [0.2, 0.25) is 0 Å². The van der Waals surface area contributed by atoms with Crippen LogP contribution in [0.3, 0.4) is 0 Å². The molecule has 1 fully saturated rings. The summed E-state index contributed by atoms with van der Waals surface area (Å²) in [4.78, 5) is 17.2. The van der Waals surface area contributed by atoms with Gasteiger partial charge in [0.15, 0.2) is 0 Å². The monoisotopic (exact) mass is 408 g/mol. The summed E-state index contributed by atoms with van der Waals surface area (Å²) >= 11 is 0. The van der Waals surface area contributed by atoms with Crippen molar-refractivity contribution >= 4 is 5.91 Å². The number of fused-ring (bicyclic) bond motifs is 1. The first-order valence-electron chi connectivity index (χ1n) is 11.0. The Labute approximate surface area is 179 Å². The first-order chi connectivity index (χ1) is 14.6.